The van der Waals surface area contributed by atoms with Gasteiger partial charge >= 0.3 is 0 Å². The van der Waals surface area contributed by atoms with Crippen molar-refractivity contribution in [1.29, 1.82) is 0 Å². The fraction of sp³-hybridized carbons (Fsp3) is 0.560. The van der Waals surface area contributed by atoms with Crippen LogP contribution < -0.4 is 20.9 Å². The van der Waals surface area contributed by atoms with Crippen molar-refractivity contribution in [3.05, 3.63) is 47.3 Å². The fourth-order valence-electron chi connectivity index (χ4n) is 4.76. The lowest BCUT2D eigenvalue weighted by Crippen LogP contribution is -2.45. The Labute approximate surface area is 196 Å². The highest BCUT2D eigenvalue weighted by Crippen LogP contribution is 2.21. The molecule has 8 heteroatoms. The van der Waals surface area contributed by atoms with Crippen LogP contribution in [0.25, 0.3) is 0 Å². The van der Waals surface area contributed by atoms with Crippen LogP contribution in [0, 0.1) is 13.8 Å². The molecule has 0 saturated carbocycles. The normalized spacial score (nSPS) is 19.8. The molecule has 2 saturated heterocycles. The average Bonchev–Trinajstić information content (AvgIpc) is 3.00. The highest BCUT2D eigenvalue weighted by molar-refractivity contribution is 5.97. The number of nitrogens with zero attached hydrogens (tertiary/aromatic N) is 3. The van der Waals surface area contributed by atoms with Gasteiger partial charge in [-0.2, -0.15) is 5.10 Å². The zero-order valence-corrected chi connectivity index (χ0v) is 19.8. The predicted molar refractivity (Wildman–Crippen MR) is 129 cm³/mol. The second-order valence-electron chi connectivity index (χ2n) is 9.23. The molecule has 0 unspecified atom stereocenters. The Morgan fingerprint density at radius 2 is 1.88 bits per heavy atom. The van der Waals surface area contributed by atoms with Crippen LogP contribution in [0.15, 0.2) is 30.3 Å². The second kappa shape index (κ2) is 10.8. The molecule has 8 nitrogen and oxygen atoms in total. The van der Waals surface area contributed by atoms with Gasteiger partial charge < -0.3 is 20.9 Å². The van der Waals surface area contributed by atoms with Gasteiger partial charge in [0.05, 0.1) is 12.2 Å². The summed E-state index contributed by atoms with van der Waals surface area (Å²) < 4.78 is 2.07. The van der Waals surface area contributed by atoms with Crippen LogP contribution in [0.5, 0.6) is 0 Å². The van der Waals surface area contributed by atoms with Crippen molar-refractivity contribution in [2.24, 2.45) is 0 Å². The first kappa shape index (κ1) is 23.3. The Kier molecular flexibility index (Phi) is 7.65. The monoisotopic (exact) mass is 452 g/mol. The van der Waals surface area contributed by atoms with Gasteiger partial charge in [-0.3, -0.25) is 14.3 Å². The second-order valence-corrected chi connectivity index (χ2v) is 9.23. The number of rotatable bonds is 7. The minimum Gasteiger partial charge on any atom is -0.371 e. The maximum absolute atomic E-state index is 12.6. The van der Waals surface area contributed by atoms with E-state index in [0.717, 1.165) is 63.2 Å². The molecule has 2 amide bonds. The molecule has 1 aromatic carbocycles. The van der Waals surface area contributed by atoms with Crippen molar-refractivity contribution in [1.82, 2.24) is 25.7 Å². The Hall–Kier alpha value is -2.87. The van der Waals surface area contributed by atoms with Gasteiger partial charge in [0.25, 0.3) is 5.91 Å². The molecular formula is C25H36N6O2. The van der Waals surface area contributed by atoms with Crippen molar-refractivity contribution in [2.75, 3.05) is 31.1 Å². The zero-order chi connectivity index (χ0) is 23.2. The number of aryl methyl sites for hydroxylation is 2. The van der Waals surface area contributed by atoms with E-state index in [9.17, 15) is 9.59 Å². The summed E-state index contributed by atoms with van der Waals surface area (Å²) in [6.45, 7) is 8.62. The number of piperidine rings is 1. The third-order valence-electron chi connectivity index (χ3n) is 6.69. The van der Waals surface area contributed by atoms with Gasteiger partial charge in [0.1, 0.15) is 6.04 Å². The van der Waals surface area contributed by atoms with Crippen molar-refractivity contribution in [3.8, 4) is 0 Å². The van der Waals surface area contributed by atoms with E-state index in [1.807, 2.05) is 31.2 Å². The molecule has 3 heterocycles. The maximum atomic E-state index is 12.6. The van der Waals surface area contributed by atoms with Crippen molar-refractivity contribution >= 4 is 17.5 Å². The van der Waals surface area contributed by atoms with E-state index < -0.39 is 6.04 Å². The third kappa shape index (κ3) is 6.13. The number of anilines is 1. The van der Waals surface area contributed by atoms with Crippen molar-refractivity contribution < 1.29 is 9.59 Å². The summed E-state index contributed by atoms with van der Waals surface area (Å²) in [6.07, 6.45) is 4.78. The molecule has 0 radical (unpaired) electrons. The van der Waals surface area contributed by atoms with Crippen LogP contribution in [0.2, 0.25) is 0 Å². The third-order valence-corrected chi connectivity index (χ3v) is 6.69. The summed E-state index contributed by atoms with van der Waals surface area (Å²) >= 11 is 0. The Morgan fingerprint density at radius 3 is 2.58 bits per heavy atom. The van der Waals surface area contributed by atoms with Gasteiger partial charge in [0.2, 0.25) is 5.91 Å². The molecule has 0 spiro atoms. The van der Waals surface area contributed by atoms with E-state index in [0.29, 0.717) is 24.6 Å². The molecule has 2 aromatic rings. The van der Waals surface area contributed by atoms with E-state index >= 15 is 0 Å². The van der Waals surface area contributed by atoms with E-state index in [4.69, 9.17) is 0 Å². The van der Waals surface area contributed by atoms with Crippen LogP contribution >= 0.6 is 0 Å². The highest BCUT2D eigenvalue weighted by Gasteiger charge is 2.23. The Morgan fingerprint density at radius 1 is 1.12 bits per heavy atom. The van der Waals surface area contributed by atoms with Crippen molar-refractivity contribution in [2.45, 2.75) is 64.6 Å². The molecule has 2 fully saturated rings. The number of hydrogen-bond acceptors (Lipinski definition) is 5. The molecule has 0 aliphatic carbocycles. The summed E-state index contributed by atoms with van der Waals surface area (Å²) in [5.74, 6) is -0.266. The van der Waals surface area contributed by atoms with Crippen molar-refractivity contribution in [3.63, 3.8) is 0 Å². The van der Waals surface area contributed by atoms with Gasteiger partial charge in [-0.25, -0.2) is 0 Å². The van der Waals surface area contributed by atoms with E-state index in [1.54, 1.807) is 0 Å². The first-order chi connectivity index (χ1) is 16.0. The number of amides is 2. The van der Waals surface area contributed by atoms with Crippen LogP contribution in [-0.4, -0.2) is 59.9 Å². The van der Waals surface area contributed by atoms with Gasteiger partial charge in [0, 0.05) is 49.2 Å². The SMILES string of the molecule is Cc1cc(C)n(CCNC2CCN(c3ccc(C(=O)N[C@H]4CCCCNC4=O)cc3)CC2)n1. The average molecular weight is 453 g/mol. The van der Waals surface area contributed by atoms with Gasteiger partial charge in [0.15, 0.2) is 0 Å². The maximum Gasteiger partial charge on any atom is 0.251 e. The standard InChI is InChI=1S/C25H36N6O2/c1-18-17-19(2)31(29-18)16-13-26-21-10-14-30(15-11-21)22-8-6-20(7-9-22)24(32)28-23-5-3-4-12-27-25(23)33/h6-9,17,21,23,26H,3-5,10-16H2,1-2H3,(H,27,33)(H,28,32)/t23-/m0/s1. The summed E-state index contributed by atoms with van der Waals surface area (Å²) in [7, 11) is 0. The van der Waals surface area contributed by atoms with Crippen LogP contribution in [-0.2, 0) is 11.3 Å². The molecule has 178 valence electrons. The summed E-state index contributed by atoms with van der Waals surface area (Å²) in [4.78, 5) is 27.1. The fourth-order valence-corrected chi connectivity index (χ4v) is 4.76. The highest BCUT2D eigenvalue weighted by atomic mass is 16.2. The van der Waals surface area contributed by atoms with Gasteiger partial charge in [-0.1, -0.05) is 0 Å². The quantitative estimate of drug-likeness (QED) is 0.599. The molecule has 2 aliphatic heterocycles. The number of carbonyl (C=O) groups is 2. The molecular weight excluding hydrogens is 416 g/mol. The van der Waals surface area contributed by atoms with E-state index in [2.05, 4.69) is 43.6 Å². The number of carbonyl (C=O) groups excluding carboxylic acids is 2. The predicted octanol–water partition coefficient (Wildman–Crippen LogP) is 2.16. The smallest absolute Gasteiger partial charge is 0.251 e. The molecule has 3 N–H and O–H groups in total. The minimum absolute atomic E-state index is 0.0798. The molecule has 1 aromatic heterocycles. The molecule has 2 aliphatic rings. The molecule has 4 rings (SSSR count). The Balaban J connectivity index is 1.22. The lowest BCUT2D eigenvalue weighted by Gasteiger charge is -2.34. The lowest BCUT2D eigenvalue weighted by atomic mass is 10.0. The largest absolute Gasteiger partial charge is 0.371 e. The number of nitrogens with one attached hydrogen (secondary N) is 3. The number of benzene rings is 1. The summed E-state index contributed by atoms with van der Waals surface area (Å²) in [5.41, 5.74) is 4.01. The number of hydrogen-bond donors (Lipinski definition) is 3. The van der Waals surface area contributed by atoms with Gasteiger partial charge in [-0.15, -0.1) is 0 Å². The first-order valence-corrected chi connectivity index (χ1v) is 12.2. The molecule has 33 heavy (non-hydrogen) atoms. The first-order valence-electron chi connectivity index (χ1n) is 12.2. The zero-order valence-electron chi connectivity index (χ0n) is 19.8. The topological polar surface area (TPSA) is 91.3 Å². The molecule has 1 atom stereocenters. The van der Waals surface area contributed by atoms with E-state index in [1.165, 1.54) is 5.69 Å². The van der Waals surface area contributed by atoms with E-state index in [-0.39, 0.29) is 11.8 Å². The molecule has 0 bridgehead atoms. The van der Waals surface area contributed by atoms with Crippen LogP contribution in [0.1, 0.15) is 53.8 Å². The lowest BCUT2D eigenvalue weighted by molar-refractivity contribution is -0.122. The number of aromatic nitrogens is 2. The Bertz CT molecular complexity index is 946. The summed E-state index contributed by atoms with van der Waals surface area (Å²) in [5, 5.41) is 13.9. The minimum atomic E-state index is -0.438. The van der Waals surface area contributed by atoms with Gasteiger partial charge in [-0.05, 0) is 76.3 Å². The summed E-state index contributed by atoms with van der Waals surface area (Å²) in [6, 6.07) is 9.94. The van der Waals surface area contributed by atoms with Crippen LogP contribution in [0.3, 0.4) is 0 Å². The van der Waals surface area contributed by atoms with Crippen LogP contribution in [0.4, 0.5) is 5.69 Å².